The quantitative estimate of drug-likeness (QED) is 0.502. The highest BCUT2D eigenvalue weighted by atomic mass is 32.2. The number of piperazine rings is 1. The molecule has 0 spiro atoms. The third kappa shape index (κ3) is 6.88. The maximum absolute atomic E-state index is 13.8. The average Bonchev–Trinajstić information content (AvgIpc) is 2.92. The minimum atomic E-state index is -3.58. The second kappa shape index (κ2) is 12.5. The third-order valence-corrected chi connectivity index (χ3v) is 8.98. The molecule has 208 valence electrons. The van der Waals surface area contributed by atoms with Gasteiger partial charge in [0.2, 0.25) is 10.0 Å². The van der Waals surface area contributed by atoms with E-state index in [0.717, 1.165) is 69.2 Å². The zero-order valence-electron chi connectivity index (χ0n) is 22.1. The standard InChI is InChI=1S/C27H37F2N5O3S/c1-30-38(36,37)25-8-5-20-4-7-24(17-21(20)18-25)34(11-3-10-33-14-12-32(2)13-15-33)27(35)31-23-6-9-26(29)22(16-23)19-28/h5-6,8-9,16,18,24,30H,3-4,7,10-15,17,19H2,1-2H3,(H,31,35). The Bertz CT molecular complexity index is 1240. The van der Waals surface area contributed by atoms with Crippen molar-refractivity contribution in [3.05, 3.63) is 58.9 Å². The van der Waals surface area contributed by atoms with Crippen LogP contribution in [-0.4, -0.2) is 88.6 Å². The number of hydrogen-bond donors (Lipinski definition) is 2. The second-order valence-electron chi connectivity index (χ2n) is 10.1. The van der Waals surface area contributed by atoms with Gasteiger partial charge in [0, 0.05) is 50.0 Å². The molecule has 2 aromatic carbocycles. The minimum Gasteiger partial charge on any atom is -0.321 e. The fourth-order valence-electron chi connectivity index (χ4n) is 5.20. The summed E-state index contributed by atoms with van der Waals surface area (Å²) >= 11 is 0. The highest BCUT2D eigenvalue weighted by Crippen LogP contribution is 2.28. The zero-order valence-corrected chi connectivity index (χ0v) is 22.9. The van der Waals surface area contributed by atoms with Crippen molar-refractivity contribution in [1.29, 1.82) is 0 Å². The van der Waals surface area contributed by atoms with Gasteiger partial charge in [-0.3, -0.25) is 0 Å². The Labute approximate surface area is 224 Å². The molecule has 0 radical (unpaired) electrons. The smallest absolute Gasteiger partial charge is 0.321 e. The van der Waals surface area contributed by atoms with Crippen LogP contribution in [0.1, 0.15) is 29.5 Å². The molecule has 1 aliphatic carbocycles. The van der Waals surface area contributed by atoms with Gasteiger partial charge in [-0.15, -0.1) is 0 Å². The number of hydrogen-bond acceptors (Lipinski definition) is 5. The van der Waals surface area contributed by atoms with Crippen LogP contribution in [0.5, 0.6) is 0 Å². The Balaban J connectivity index is 1.51. The normalized spacial score (nSPS) is 18.7. The molecule has 2 amide bonds. The SMILES string of the molecule is CNS(=O)(=O)c1ccc2c(c1)CC(N(CCCN1CCN(C)CC1)C(=O)Nc1ccc(F)c(CF)c1)CC2. The van der Waals surface area contributed by atoms with E-state index in [2.05, 4.69) is 26.9 Å². The van der Waals surface area contributed by atoms with Gasteiger partial charge in [-0.1, -0.05) is 6.07 Å². The van der Waals surface area contributed by atoms with Gasteiger partial charge >= 0.3 is 6.03 Å². The van der Waals surface area contributed by atoms with E-state index in [1.54, 1.807) is 17.0 Å². The summed E-state index contributed by atoms with van der Waals surface area (Å²) in [5.41, 5.74) is 2.23. The Morgan fingerprint density at radius 1 is 1.11 bits per heavy atom. The molecule has 0 saturated carbocycles. The number of nitrogens with zero attached hydrogens (tertiary/aromatic N) is 3. The van der Waals surface area contributed by atoms with Crippen LogP contribution in [0.15, 0.2) is 41.3 Å². The molecular formula is C27H37F2N5O3S. The van der Waals surface area contributed by atoms with Crippen LogP contribution in [0.4, 0.5) is 19.3 Å². The number of benzene rings is 2. The number of amides is 2. The molecule has 1 saturated heterocycles. The van der Waals surface area contributed by atoms with Gasteiger partial charge in [0.15, 0.2) is 0 Å². The third-order valence-electron chi connectivity index (χ3n) is 7.57. The van der Waals surface area contributed by atoms with Crippen LogP contribution < -0.4 is 10.0 Å². The highest BCUT2D eigenvalue weighted by molar-refractivity contribution is 7.89. The predicted octanol–water partition coefficient (Wildman–Crippen LogP) is 3.23. The van der Waals surface area contributed by atoms with Crippen molar-refractivity contribution in [2.75, 3.05) is 58.7 Å². The van der Waals surface area contributed by atoms with E-state index in [1.165, 1.54) is 19.2 Å². The van der Waals surface area contributed by atoms with E-state index >= 15 is 0 Å². The van der Waals surface area contributed by atoms with Crippen molar-refractivity contribution in [3.8, 4) is 0 Å². The summed E-state index contributed by atoms with van der Waals surface area (Å²) in [6.07, 6.45) is 2.79. The van der Waals surface area contributed by atoms with Crippen LogP contribution in [0.3, 0.4) is 0 Å². The Hall–Kier alpha value is -2.60. The Morgan fingerprint density at radius 2 is 1.87 bits per heavy atom. The Kier molecular flexibility index (Phi) is 9.35. The summed E-state index contributed by atoms with van der Waals surface area (Å²) in [7, 11) is -0.0851. The lowest BCUT2D eigenvalue weighted by Crippen LogP contribution is -2.48. The number of alkyl halides is 1. The summed E-state index contributed by atoms with van der Waals surface area (Å²) in [5, 5.41) is 2.83. The highest BCUT2D eigenvalue weighted by Gasteiger charge is 2.29. The molecule has 2 aliphatic rings. The van der Waals surface area contributed by atoms with E-state index in [4.69, 9.17) is 0 Å². The summed E-state index contributed by atoms with van der Waals surface area (Å²) in [6.45, 7) is 4.44. The van der Waals surface area contributed by atoms with Crippen molar-refractivity contribution in [1.82, 2.24) is 19.4 Å². The summed E-state index contributed by atoms with van der Waals surface area (Å²) in [4.78, 5) is 20.2. The first kappa shape index (κ1) is 28.4. The molecule has 1 heterocycles. The van der Waals surface area contributed by atoms with Crippen molar-refractivity contribution >= 4 is 21.7 Å². The topological polar surface area (TPSA) is 85.0 Å². The predicted molar refractivity (Wildman–Crippen MR) is 144 cm³/mol. The molecule has 11 heteroatoms. The van der Waals surface area contributed by atoms with Crippen LogP contribution in [0.2, 0.25) is 0 Å². The molecule has 1 unspecified atom stereocenters. The van der Waals surface area contributed by atoms with Crippen molar-refractivity contribution in [2.24, 2.45) is 0 Å². The molecule has 0 bridgehead atoms. The van der Waals surface area contributed by atoms with Crippen LogP contribution >= 0.6 is 0 Å². The van der Waals surface area contributed by atoms with Crippen molar-refractivity contribution in [2.45, 2.75) is 43.3 Å². The maximum Gasteiger partial charge on any atom is 0.322 e. The lowest BCUT2D eigenvalue weighted by atomic mass is 9.87. The van der Waals surface area contributed by atoms with Gasteiger partial charge in [-0.05, 0) is 87.8 Å². The van der Waals surface area contributed by atoms with Gasteiger partial charge in [-0.25, -0.2) is 26.7 Å². The number of urea groups is 1. The van der Waals surface area contributed by atoms with E-state index < -0.39 is 22.5 Å². The summed E-state index contributed by atoms with van der Waals surface area (Å²) in [5.74, 6) is -0.647. The van der Waals surface area contributed by atoms with Crippen molar-refractivity contribution < 1.29 is 22.0 Å². The monoisotopic (exact) mass is 549 g/mol. The van der Waals surface area contributed by atoms with Gasteiger partial charge < -0.3 is 20.0 Å². The summed E-state index contributed by atoms with van der Waals surface area (Å²) in [6, 6.07) is 8.60. The largest absolute Gasteiger partial charge is 0.322 e. The number of anilines is 1. The number of likely N-dealkylation sites (N-methyl/N-ethyl adjacent to an activating group) is 1. The van der Waals surface area contributed by atoms with E-state index in [-0.39, 0.29) is 22.5 Å². The number of aryl methyl sites for hydroxylation is 1. The van der Waals surface area contributed by atoms with Crippen molar-refractivity contribution in [3.63, 3.8) is 0 Å². The number of nitrogens with one attached hydrogen (secondary N) is 2. The zero-order chi connectivity index (χ0) is 27.3. The summed E-state index contributed by atoms with van der Waals surface area (Å²) < 4.78 is 54.0. The first-order chi connectivity index (χ1) is 18.2. The molecule has 1 fully saturated rings. The van der Waals surface area contributed by atoms with Crippen LogP contribution in [-0.2, 0) is 29.5 Å². The van der Waals surface area contributed by atoms with E-state index in [0.29, 0.717) is 18.7 Å². The molecule has 2 aromatic rings. The minimum absolute atomic E-state index is 0.103. The van der Waals surface area contributed by atoms with Crippen LogP contribution in [0.25, 0.3) is 0 Å². The molecular weight excluding hydrogens is 512 g/mol. The average molecular weight is 550 g/mol. The molecule has 4 rings (SSSR count). The maximum atomic E-state index is 13.8. The van der Waals surface area contributed by atoms with E-state index in [9.17, 15) is 22.0 Å². The number of halogens is 2. The van der Waals surface area contributed by atoms with Gasteiger partial charge in [0.25, 0.3) is 0 Å². The molecule has 8 nitrogen and oxygen atoms in total. The first-order valence-corrected chi connectivity index (χ1v) is 14.6. The van der Waals surface area contributed by atoms with Gasteiger partial charge in [-0.2, -0.15) is 0 Å². The lowest BCUT2D eigenvalue weighted by Gasteiger charge is -2.37. The first-order valence-electron chi connectivity index (χ1n) is 13.1. The second-order valence-corrected chi connectivity index (χ2v) is 12.0. The van der Waals surface area contributed by atoms with E-state index in [1.807, 2.05) is 6.07 Å². The number of carbonyl (C=O) groups is 1. The lowest BCUT2D eigenvalue weighted by molar-refractivity contribution is 0.140. The number of rotatable bonds is 9. The number of carbonyl (C=O) groups excluding carboxylic acids is 1. The molecule has 0 aromatic heterocycles. The fourth-order valence-corrected chi connectivity index (χ4v) is 5.98. The van der Waals surface area contributed by atoms with Gasteiger partial charge in [0.1, 0.15) is 12.5 Å². The fraction of sp³-hybridized carbons (Fsp3) is 0.519. The van der Waals surface area contributed by atoms with Crippen LogP contribution in [0, 0.1) is 5.82 Å². The Morgan fingerprint density at radius 3 is 2.58 bits per heavy atom. The number of fused-ring (bicyclic) bond motifs is 1. The molecule has 2 N–H and O–H groups in total. The molecule has 1 aliphatic heterocycles. The molecule has 1 atom stereocenters. The van der Waals surface area contributed by atoms with Gasteiger partial charge in [0.05, 0.1) is 4.90 Å². The molecule has 38 heavy (non-hydrogen) atoms. The number of sulfonamides is 1.